The molecule has 100 valence electrons. The summed E-state index contributed by atoms with van der Waals surface area (Å²) in [4.78, 5) is 0. The van der Waals surface area contributed by atoms with Crippen molar-refractivity contribution in [2.75, 3.05) is 0 Å². The molecule has 0 amide bonds. The Morgan fingerprint density at radius 3 is 2.67 bits per heavy atom. The van der Waals surface area contributed by atoms with Crippen molar-refractivity contribution < 1.29 is 0 Å². The van der Waals surface area contributed by atoms with Gasteiger partial charge in [-0.1, -0.05) is 47.8 Å². The standard InChI is InChI=1S/C16H24BrN/c1-3-16(14-9-6-10-15(17)11-14)18-12(2)13-7-4-5-8-13/h6,9-13,16,18H,3-5,7-8H2,1-2H3/t12-,16?/m0/s1. The molecule has 1 aliphatic rings. The summed E-state index contributed by atoms with van der Waals surface area (Å²) in [6.45, 7) is 4.62. The van der Waals surface area contributed by atoms with Crippen LogP contribution in [0.4, 0.5) is 0 Å². The molecule has 0 aliphatic heterocycles. The van der Waals surface area contributed by atoms with E-state index in [1.807, 2.05) is 0 Å². The molecule has 1 unspecified atom stereocenters. The van der Waals surface area contributed by atoms with Crippen molar-refractivity contribution in [1.82, 2.24) is 5.32 Å². The first-order valence-electron chi connectivity index (χ1n) is 7.22. The van der Waals surface area contributed by atoms with Gasteiger partial charge in [-0.05, 0) is 49.8 Å². The van der Waals surface area contributed by atoms with Crippen LogP contribution in [-0.2, 0) is 0 Å². The summed E-state index contributed by atoms with van der Waals surface area (Å²) in [6, 6.07) is 9.81. The first kappa shape index (κ1) is 14.1. The fraction of sp³-hybridized carbons (Fsp3) is 0.625. The van der Waals surface area contributed by atoms with E-state index < -0.39 is 0 Å². The lowest BCUT2D eigenvalue weighted by Gasteiger charge is -2.27. The Bertz CT molecular complexity index is 371. The van der Waals surface area contributed by atoms with E-state index in [-0.39, 0.29) is 0 Å². The van der Waals surface area contributed by atoms with Crippen LogP contribution in [0, 0.1) is 5.92 Å². The van der Waals surface area contributed by atoms with E-state index in [9.17, 15) is 0 Å². The molecule has 1 saturated carbocycles. The zero-order valence-electron chi connectivity index (χ0n) is 11.5. The van der Waals surface area contributed by atoms with E-state index in [1.165, 1.54) is 35.7 Å². The SMILES string of the molecule is CCC(N[C@@H](C)C1CCCC1)c1cccc(Br)c1. The molecule has 2 rings (SSSR count). The Balaban J connectivity index is 2.00. The summed E-state index contributed by atoms with van der Waals surface area (Å²) < 4.78 is 1.17. The predicted octanol–water partition coefficient (Wildman–Crippen LogP) is 5.07. The molecule has 0 bridgehead atoms. The number of rotatable bonds is 5. The minimum absolute atomic E-state index is 0.484. The Morgan fingerprint density at radius 2 is 2.06 bits per heavy atom. The molecule has 1 N–H and O–H groups in total. The zero-order valence-corrected chi connectivity index (χ0v) is 13.0. The average Bonchev–Trinajstić information content (AvgIpc) is 2.89. The van der Waals surface area contributed by atoms with E-state index in [2.05, 4.69) is 59.4 Å². The molecule has 1 nitrogen and oxygen atoms in total. The average molecular weight is 310 g/mol. The van der Waals surface area contributed by atoms with Gasteiger partial charge in [-0.15, -0.1) is 0 Å². The summed E-state index contributed by atoms with van der Waals surface area (Å²) in [7, 11) is 0. The third-order valence-corrected chi connectivity index (χ3v) is 4.72. The molecular weight excluding hydrogens is 286 g/mol. The second-order valence-electron chi connectivity index (χ2n) is 5.52. The van der Waals surface area contributed by atoms with E-state index in [0.29, 0.717) is 12.1 Å². The molecule has 2 heteroatoms. The Kier molecular flexibility index (Phi) is 5.25. The molecular formula is C16H24BrN. The molecule has 2 atom stereocenters. The molecule has 0 aromatic heterocycles. The number of hydrogen-bond donors (Lipinski definition) is 1. The maximum absolute atomic E-state index is 3.83. The summed E-state index contributed by atoms with van der Waals surface area (Å²) in [5.74, 6) is 0.881. The van der Waals surface area contributed by atoms with Crippen molar-refractivity contribution in [2.24, 2.45) is 5.92 Å². The van der Waals surface area contributed by atoms with Crippen LogP contribution in [0.25, 0.3) is 0 Å². The van der Waals surface area contributed by atoms with E-state index in [0.717, 1.165) is 12.3 Å². The van der Waals surface area contributed by atoms with Gasteiger partial charge in [0.15, 0.2) is 0 Å². The quantitative estimate of drug-likeness (QED) is 0.801. The molecule has 18 heavy (non-hydrogen) atoms. The van der Waals surface area contributed by atoms with Gasteiger partial charge in [-0.2, -0.15) is 0 Å². The summed E-state index contributed by atoms with van der Waals surface area (Å²) in [6.07, 6.45) is 6.80. The fourth-order valence-electron chi connectivity index (χ4n) is 3.08. The second-order valence-corrected chi connectivity index (χ2v) is 6.43. The molecule has 0 radical (unpaired) electrons. The van der Waals surface area contributed by atoms with Crippen LogP contribution in [0.5, 0.6) is 0 Å². The van der Waals surface area contributed by atoms with Crippen LogP contribution in [-0.4, -0.2) is 6.04 Å². The van der Waals surface area contributed by atoms with Gasteiger partial charge in [0.2, 0.25) is 0 Å². The Hall–Kier alpha value is -0.340. The predicted molar refractivity (Wildman–Crippen MR) is 81.7 cm³/mol. The topological polar surface area (TPSA) is 12.0 Å². The first-order valence-corrected chi connectivity index (χ1v) is 8.01. The molecule has 1 fully saturated rings. The largest absolute Gasteiger partial charge is 0.307 e. The highest BCUT2D eigenvalue weighted by atomic mass is 79.9. The molecule has 0 spiro atoms. The van der Waals surface area contributed by atoms with Gasteiger partial charge >= 0.3 is 0 Å². The van der Waals surface area contributed by atoms with Gasteiger partial charge in [0, 0.05) is 16.6 Å². The summed E-state index contributed by atoms with van der Waals surface area (Å²) in [5, 5.41) is 3.83. The van der Waals surface area contributed by atoms with Crippen LogP contribution >= 0.6 is 15.9 Å². The van der Waals surface area contributed by atoms with Gasteiger partial charge in [-0.25, -0.2) is 0 Å². The second kappa shape index (κ2) is 6.72. The van der Waals surface area contributed by atoms with E-state index in [4.69, 9.17) is 0 Å². The molecule has 1 aromatic carbocycles. The Labute approximate surface area is 119 Å². The fourth-order valence-corrected chi connectivity index (χ4v) is 3.50. The van der Waals surface area contributed by atoms with Gasteiger partial charge in [-0.3, -0.25) is 0 Å². The van der Waals surface area contributed by atoms with Crippen LogP contribution in [0.15, 0.2) is 28.7 Å². The van der Waals surface area contributed by atoms with E-state index >= 15 is 0 Å². The lowest BCUT2D eigenvalue weighted by Crippen LogP contribution is -2.35. The van der Waals surface area contributed by atoms with Gasteiger partial charge in [0.1, 0.15) is 0 Å². The third-order valence-electron chi connectivity index (χ3n) is 4.23. The highest BCUT2D eigenvalue weighted by molar-refractivity contribution is 9.10. The smallest absolute Gasteiger partial charge is 0.0320 e. The number of benzene rings is 1. The molecule has 0 heterocycles. The Morgan fingerprint density at radius 1 is 1.33 bits per heavy atom. The van der Waals surface area contributed by atoms with Crippen LogP contribution in [0.2, 0.25) is 0 Å². The van der Waals surface area contributed by atoms with Crippen LogP contribution < -0.4 is 5.32 Å². The van der Waals surface area contributed by atoms with Crippen LogP contribution in [0.3, 0.4) is 0 Å². The highest BCUT2D eigenvalue weighted by Gasteiger charge is 2.23. The zero-order chi connectivity index (χ0) is 13.0. The highest BCUT2D eigenvalue weighted by Crippen LogP contribution is 2.29. The van der Waals surface area contributed by atoms with Gasteiger partial charge in [0.25, 0.3) is 0 Å². The van der Waals surface area contributed by atoms with Crippen LogP contribution in [0.1, 0.15) is 57.6 Å². The minimum atomic E-state index is 0.484. The summed E-state index contributed by atoms with van der Waals surface area (Å²) in [5.41, 5.74) is 1.40. The monoisotopic (exact) mass is 309 g/mol. The summed E-state index contributed by atoms with van der Waals surface area (Å²) >= 11 is 3.56. The molecule has 1 aliphatic carbocycles. The molecule has 0 saturated heterocycles. The number of nitrogens with one attached hydrogen (secondary N) is 1. The normalized spacial score (nSPS) is 19.9. The van der Waals surface area contributed by atoms with Crippen molar-refractivity contribution in [3.05, 3.63) is 34.3 Å². The van der Waals surface area contributed by atoms with Crippen molar-refractivity contribution in [2.45, 2.75) is 58.0 Å². The minimum Gasteiger partial charge on any atom is -0.307 e. The van der Waals surface area contributed by atoms with Crippen molar-refractivity contribution >= 4 is 15.9 Å². The maximum Gasteiger partial charge on any atom is 0.0320 e. The van der Waals surface area contributed by atoms with Crippen molar-refractivity contribution in [1.29, 1.82) is 0 Å². The first-order chi connectivity index (χ1) is 8.70. The van der Waals surface area contributed by atoms with Crippen molar-refractivity contribution in [3.63, 3.8) is 0 Å². The van der Waals surface area contributed by atoms with Gasteiger partial charge in [0.05, 0.1) is 0 Å². The third kappa shape index (κ3) is 3.58. The molecule has 1 aromatic rings. The number of hydrogen-bond acceptors (Lipinski definition) is 1. The maximum atomic E-state index is 3.83. The lowest BCUT2D eigenvalue weighted by molar-refractivity contribution is 0.339. The van der Waals surface area contributed by atoms with E-state index in [1.54, 1.807) is 0 Å². The van der Waals surface area contributed by atoms with Crippen molar-refractivity contribution in [3.8, 4) is 0 Å². The van der Waals surface area contributed by atoms with Gasteiger partial charge < -0.3 is 5.32 Å². The lowest BCUT2D eigenvalue weighted by atomic mass is 9.96. The number of halogens is 1.